The van der Waals surface area contributed by atoms with Gasteiger partial charge in [-0.25, -0.2) is 4.79 Å². The van der Waals surface area contributed by atoms with Crippen LogP contribution >= 0.6 is 27.5 Å². The lowest BCUT2D eigenvalue weighted by atomic mass is 10.2. The van der Waals surface area contributed by atoms with Gasteiger partial charge in [-0.3, -0.25) is 4.90 Å². The van der Waals surface area contributed by atoms with Crippen LogP contribution in [0.2, 0.25) is 5.02 Å². The highest BCUT2D eigenvalue weighted by atomic mass is 79.9. The van der Waals surface area contributed by atoms with E-state index < -0.39 is 6.09 Å². The summed E-state index contributed by atoms with van der Waals surface area (Å²) in [4.78, 5) is 13.4. The lowest BCUT2D eigenvalue weighted by Gasteiger charge is -2.19. The molecule has 5 heteroatoms. The van der Waals surface area contributed by atoms with Crippen molar-refractivity contribution in [1.29, 1.82) is 0 Å². The van der Waals surface area contributed by atoms with Gasteiger partial charge in [0.2, 0.25) is 0 Å². The summed E-state index contributed by atoms with van der Waals surface area (Å²) in [7, 11) is 1.64. The van der Waals surface area contributed by atoms with Gasteiger partial charge < -0.3 is 4.74 Å². The van der Waals surface area contributed by atoms with Gasteiger partial charge in [0.25, 0.3) is 0 Å². The van der Waals surface area contributed by atoms with Crippen LogP contribution in [0, 0.1) is 0 Å². The first-order chi connectivity index (χ1) is 9.59. The van der Waals surface area contributed by atoms with Gasteiger partial charge in [-0.2, -0.15) is 0 Å². The van der Waals surface area contributed by atoms with Gasteiger partial charge in [-0.05, 0) is 33.6 Å². The van der Waals surface area contributed by atoms with Crippen LogP contribution in [0.1, 0.15) is 5.56 Å². The Balaban J connectivity index is 2.04. The van der Waals surface area contributed by atoms with E-state index in [9.17, 15) is 4.79 Å². The first kappa shape index (κ1) is 14.9. The molecule has 1 amide bonds. The quantitative estimate of drug-likeness (QED) is 0.786. The Hall–Kier alpha value is -1.52. The molecule has 0 radical (unpaired) electrons. The minimum absolute atomic E-state index is 0.238. The Morgan fingerprint density at radius 2 is 1.90 bits per heavy atom. The second-order valence-electron chi connectivity index (χ2n) is 4.17. The molecule has 0 unspecified atom stereocenters. The molecule has 0 N–H and O–H groups in total. The maximum Gasteiger partial charge on any atom is 0.414 e. The van der Waals surface area contributed by atoms with Gasteiger partial charge in [0.15, 0.2) is 0 Å². The number of nitrogens with zero attached hydrogens (tertiary/aromatic N) is 1. The molecule has 0 spiro atoms. The summed E-state index contributed by atoms with van der Waals surface area (Å²) in [5.74, 6) is 0. The summed E-state index contributed by atoms with van der Waals surface area (Å²) < 4.78 is 5.93. The second kappa shape index (κ2) is 6.77. The molecule has 104 valence electrons. The molecule has 0 aliphatic heterocycles. The minimum atomic E-state index is -0.434. The molecule has 0 saturated heterocycles. The molecule has 0 saturated carbocycles. The number of halogens is 2. The molecular weight excluding hydrogens is 342 g/mol. The molecule has 0 atom stereocenters. The zero-order chi connectivity index (χ0) is 14.5. The molecule has 0 aliphatic rings. The van der Waals surface area contributed by atoms with Crippen LogP contribution in [0.5, 0.6) is 0 Å². The van der Waals surface area contributed by atoms with E-state index in [2.05, 4.69) is 15.9 Å². The molecule has 0 heterocycles. The van der Waals surface area contributed by atoms with Gasteiger partial charge in [-0.1, -0.05) is 48.0 Å². The van der Waals surface area contributed by atoms with Crippen LogP contribution in [0.4, 0.5) is 10.5 Å². The van der Waals surface area contributed by atoms with Gasteiger partial charge in [-0.15, -0.1) is 0 Å². The van der Waals surface area contributed by atoms with Crippen LogP contribution in [0.3, 0.4) is 0 Å². The molecule has 0 aromatic heterocycles. The molecule has 2 aromatic carbocycles. The number of ether oxygens (including phenoxy) is 1. The van der Waals surface area contributed by atoms with Crippen molar-refractivity contribution < 1.29 is 9.53 Å². The largest absolute Gasteiger partial charge is 0.444 e. The molecule has 2 aromatic rings. The predicted octanol–water partition coefficient (Wildman–Crippen LogP) is 4.88. The van der Waals surface area contributed by atoms with Gasteiger partial charge in [0, 0.05) is 7.05 Å². The van der Waals surface area contributed by atoms with E-state index in [-0.39, 0.29) is 6.61 Å². The summed E-state index contributed by atoms with van der Waals surface area (Å²) in [6.07, 6.45) is -0.434. The fourth-order valence-electron chi connectivity index (χ4n) is 1.67. The van der Waals surface area contributed by atoms with Gasteiger partial charge >= 0.3 is 6.09 Å². The summed E-state index contributed by atoms with van der Waals surface area (Å²) in [5.41, 5.74) is 1.61. The number of hydrogen-bond donors (Lipinski definition) is 0. The van der Waals surface area contributed by atoms with Gasteiger partial charge in [0.1, 0.15) is 6.61 Å². The first-order valence-corrected chi connectivity index (χ1v) is 7.15. The van der Waals surface area contributed by atoms with Crippen molar-refractivity contribution in [3.05, 3.63) is 63.6 Å². The third kappa shape index (κ3) is 3.52. The second-order valence-corrected chi connectivity index (χ2v) is 5.37. The number of carbonyl (C=O) groups is 1. The minimum Gasteiger partial charge on any atom is -0.444 e. The molecule has 0 aliphatic carbocycles. The lowest BCUT2D eigenvalue weighted by molar-refractivity contribution is 0.148. The predicted molar refractivity (Wildman–Crippen MR) is 84.2 cm³/mol. The number of amides is 1. The summed E-state index contributed by atoms with van der Waals surface area (Å²) in [5, 5.41) is 0.546. The maximum atomic E-state index is 12.0. The summed E-state index contributed by atoms with van der Waals surface area (Å²) in [6.45, 7) is 0.238. The molecule has 0 fully saturated rings. The summed E-state index contributed by atoms with van der Waals surface area (Å²) >= 11 is 9.37. The molecule has 20 heavy (non-hydrogen) atoms. The molecule has 0 bridgehead atoms. The fourth-order valence-corrected chi connectivity index (χ4v) is 2.37. The average molecular weight is 355 g/mol. The Labute approximate surface area is 131 Å². The third-order valence-electron chi connectivity index (χ3n) is 2.77. The normalized spacial score (nSPS) is 10.2. The topological polar surface area (TPSA) is 29.5 Å². The first-order valence-electron chi connectivity index (χ1n) is 5.98. The van der Waals surface area contributed by atoms with E-state index in [4.69, 9.17) is 16.3 Å². The molecule has 3 nitrogen and oxygen atoms in total. The lowest BCUT2D eigenvalue weighted by Crippen LogP contribution is -2.27. The van der Waals surface area contributed by atoms with Crippen molar-refractivity contribution in [2.75, 3.05) is 11.9 Å². The highest BCUT2D eigenvalue weighted by Crippen LogP contribution is 2.32. The van der Waals surface area contributed by atoms with Crippen molar-refractivity contribution in [2.45, 2.75) is 6.61 Å². The Kier molecular flexibility index (Phi) is 5.04. The zero-order valence-corrected chi connectivity index (χ0v) is 13.2. The van der Waals surface area contributed by atoms with Crippen LogP contribution < -0.4 is 4.90 Å². The monoisotopic (exact) mass is 353 g/mol. The highest BCUT2D eigenvalue weighted by Gasteiger charge is 2.16. The van der Waals surface area contributed by atoms with Crippen molar-refractivity contribution >= 4 is 39.3 Å². The van der Waals surface area contributed by atoms with E-state index in [0.29, 0.717) is 15.2 Å². The SMILES string of the molecule is CN(C(=O)OCc1ccccc1)c1cccc(Cl)c1Br. The summed E-state index contributed by atoms with van der Waals surface area (Å²) in [6, 6.07) is 14.9. The highest BCUT2D eigenvalue weighted by molar-refractivity contribution is 9.10. The van der Waals surface area contributed by atoms with Gasteiger partial charge in [0.05, 0.1) is 15.2 Å². The van der Waals surface area contributed by atoms with Crippen LogP contribution in [-0.4, -0.2) is 13.1 Å². The number of carbonyl (C=O) groups excluding carboxylic acids is 1. The zero-order valence-electron chi connectivity index (χ0n) is 10.8. The third-order valence-corrected chi connectivity index (χ3v) is 4.15. The van der Waals surface area contributed by atoms with Crippen molar-refractivity contribution in [1.82, 2.24) is 0 Å². The Morgan fingerprint density at radius 1 is 1.20 bits per heavy atom. The Bertz CT molecular complexity index is 604. The number of hydrogen-bond acceptors (Lipinski definition) is 2. The van der Waals surface area contributed by atoms with E-state index in [0.717, 1.165) is 5.56 Å². The number of benzene rings is 2. The van der Waals surface area contributed by atoms with Crippen LogP contribution in [-0.2, 0) is 11.3 Å². The molecular formula is C15H13BrClNO2. The van der Waals surface area contributed by atoms with E-state index in [1.54, 1.807) is 25.2 Å². The number of anilines is 1. The Morgan fingerprint density at radius 3 is 2.60 bits per heavy atom. The van der Waals surface area contributed by atoms with E-state index in [1.807, 2.05) is 30.3 Å². The van der Waals surface area contributed by atoms with Crippen molar-refractivity contribution in [3.8, 4) is 0 Å². The number of rotatable bonds is 3. The fraction of sp³-hybridized carbons (Fsp3) is 0.133. The van der Waals surface area contributed by atoms with Crippen molar-refractivity contribution in [3.63, 3.8) is 0 Å². The smallest absolute Gasteiger partial charge is 0.414 e. The van der Waals surface area contributed by atoms with E-state index in [1.165, 1.54) is 4.90 Å². The molecule has 2 rings (SSSR count). The van der Waals surface area contributed by atoms with Crippen LogP contribution in [0.25, 0.3) is 0 Å². The van der Waals surface area contributed by atoms with Crippen molar-refractivity contribution in [2.24, 2.45) is 0 Å². The maximum absolute atomic E-state index is 12.0. The average Bonchev–Trinajstić information content (AvgIpc) is 2.48. The standard InChI is InChI=1S/C15H13BrClNO2/c1-18(13-9-5-8-12(17)14(13)16)15(19)20-10-11-6-3-2-4-7-11/h2-9H,10H2,1H3. The van der Waals surface area contributed by atoms with E-state index >= 15 is 0 Å². The van der Waals surface area contributed by atoms with Crippen LogP contribution in [0.15, 0.2) is 53.0 Å².